The number of aryl methyl sites for hydroxylation is 1. The highest BCUT2D eigenvalue weighted by Crippen LogP contribution is 2.39. The molecule has 2 aliphatic rings. The van der Waals surface area contributed by atoms with E-state index in [9.17, 15) is 4.79 Å². The lowest BCUT2D eigenvalue weighted by Gasteiger charge is -2.48. The summed E-state index contributed by atoms with van der Waals surface area (Å²) in [5.74, 6) is 1.03. The second-order valence-electron chi connectivity index (χ2n) is 8.40. The SMILES string of the molecule is CCc1nc(CN2CCCC3(CCC(=O)N(CCC(C)C)C3)C2)cs1. The van der Waals surface area contributed by atoms with Gasteiger partial charge in [0.25, 0.3) is 0 Å². The fourth-order valence-corrected chi connectivity index (χ4v) is 5.05. The summed E-state index contributed by atoms with van der Waals surface area (Å²) in [5.41, 5.74) is 1.54. The average molecular weight is 364 g/mol. The molecule has 1 amide bonds. The van der Waals surface area contributed by atoms with Crippen molar-refractivity contribution in [3.8, 4) is 0 Å². The van der Waals surface area contributed by atoms with Gasteiger partial charge in [-0.1, -0.05) is 20.8 Å². The van der Waals surface area contributed by atoms with Gasteiger partial charge in [0, 0.05) is 43.4 Å². The van der Waals surface area contributed by atoms with Crippen molar-refractivity contribution in [2.75, 3.05) is 26.2 Å². The van der Waals surface area contributed by atoms with E-state index in [2.05, 4.69) is 36.0 Å². The molecule has 0 aliphatic carbocycles. The Hall–Kier alpha value is -0.940. The van der Waals surface area contributed by atoms with Gasteiger partial charge in [0.1, 0.15) is 0 Å². The van der Waals surface area contributed by atoms with E-state index in [0.717, 1.165) is 51.9 Å². The van der Waals surface area contributed by atoms with Crippen molar-refractivity contribution >= 4 is 17.2 Å². The van der Waals surface area contributed by atoms with Crippen molar-refractivity contribution in [3.05, 3.63) is 16.1 Å². The van der Waals surface area contributed by atoms with Gasteiger partial charge in [-0.2, -0.15) is 0 Å². The van der Waals surface area contributed by atoms with Crippen LogP contribution in [0.15, 0.2) is 5.38 Å². The number of amides is 1. The summed E-state index contributed by atoms with van der Waals surface area (Å²) < 4.78 is 0. The van der Waals surface area contributed by atoms with E-state index in [1.54, 1.807) is 11.3 Å². The van der Waals surface area contributed by atoms with Gasteiger partial charge in [-0.25, -0.2) is 4.98 Å². The van der Waals surface area contributed by atoms with Crippen LogP contribution in [-0.4, -0.2) is 46.9 Å². The van der Waals surface area contributed by atoms with Gasteiger partial charge >= 0.3 is 0 Å². The number of carbonyl (C=O) groups excluding carboxylic acids is 1. The highest BCUT2D eigenvalue weighted by molar-refractivity contribution is 7.09. The van der Waals surface area contributed by atoms with Crippen LogP contribution in [0.2, 0.25) is 0 Å². The Bertz CT molecular complexity index is 585. The molecule has 1 atom stereocenters. The van der Waals surface area contributed by atoms with E-state index in [1.807, 2.05) is 0 Å². The maximum absolute atomic E-state index is 12.3. The van der Waals surface area contributed by atoms with Crippen molar-refractivity contribution in [1.29, 1.82) is 0 Å². The predicted octanol–water partition coefficient (Wildman–Crippen LogP) is 3.96. The lowest BCUT2D eigenvalue weighted by molar-refractivity contribution is -0.139. The second-order valence-corrected chi connectivity index (χ2v) is 9.34. The van der Waals surface area contributed by atoms with Crippen LogP contribution in [0.3, 0.4) is 0 Å². The topological polar surface area (TPSA) is 36.4 Å². The summed E-state index contributed by atoms with van der Waals surface area (Å²) in [6.07, 6.45) is 6.47. The summed E-state index contributed by atoms with van der Waals surface area (Å²) in [5, 5.41) is 3.46. The number of hydrogen-bond acceptors (Lipinski definition) is 4. The minimum atomic E-state index is 0.312. The van der Waals surface area contributed by atoms with Crippen LogP contribution in [-0.2, 0) is 17.8 Å². The molecule has 1 aromatic heterocycles. The lowest BCUT2D eigenvalue weighted by atomic mass is 9.73. The molecule has 2 fully saturated rings. The third-order valence-corrected chi connectivity index (χ3v) is 6.79. The largest absolute Gasteiger partial charge is 0.342 e. The maximum Gasteiger partial charge on any atom is 0.222 e. The Morgan fingerprint density at radius 1 is 1.32 bits per heavy atom. The van der Waals surface area contributed by atoms with Crippen molar-refractivity contribution in [2.24, 2.45) is 11.3 Å². The molecule has 5 heteroatoms. The highest BCUT2D eigenvalue weighted by atomic mass is 32.1. The molecule has 25 heavy (non-hydrogen) atoms. The zero-order valence-electron chi connectivity index (χ0n) is 16.1. The number of thiazole rings is 1. The molecule has 0 bridgehead atoms. The molecule has 1 unspecified atom stereocenters. The first kappa shape index (κ1) is 18.8. The molecule has 140 valence electrons. The van der Waals surface area contributed by atoms with Crippen LogP contribution >= 0.6 is 11.3 Å². The summed E-state index contributed by atoms with van der Waals surface area (Å²) in [4.78, 5) is 21.8. The van der Waals surface area contributed by atoms with Crippen molar-refractivity contribution in [1.82, 2.24) is 14.8 Å². The van der Waals surface area contributed by atoms with Gasteiger partial charge in [0.15, 0.2) is 0 Å². The van der Waals surface area contributed by atoms with Gasteiger partial charge < -0.3 is 4.90 Å². The van der Waals surface area contributed by atoms with Crippen LogP contribution in [0.4, 0.5) is 0 Å². The number of likely N-dealkylation sites (tertiary alicyclic amines) is 2. The van der Waals surface area contributed by atoms with E-state index in [-0.39, 0.29) is 0 Å². The third kappa shape index (κ3) is 4.82. The van der Waals surface area contributed by atoms with E-state index < -0.39 is 0 Å². The molecule has 2 aliphatic heterocycles. The van der Waals surface area contributed by atoms with Gasteiger partial charge in [0.2, 0.25) is 5.91 Å². The summed E-state index contributed by atoms with van der Waals surface area (Å²) in [6, 6.07) is 0. The Morgan fingerprint density at radius 3 is 2.88 bits per heavy atom. The molecule has 0 aromatic carbocycles. The van der Waals surface area contributed by atoms with Crippen LogP contribution in [0.25, 0.3) is 0 Å². The van der Waals surface area contributed by atoms with Crippen molar-refractivity contribution in [2.45, 2.75) is 65.8 Å². The first-order chi connectivity index (χ1) is 12.0. The fraction of sp³-hybridized carbons (Fsp3) is 0.800. The number of carbonyl (C=O) groups is 1. The van der Waals surface area contributed by atoms with Gasteiger partial charge in [-0.15, -0.1) is 11.3 Å². The van der Waals surface area contributed by atoms with Gasteiger partial charge in [-0.05, 0) is 44.6 Å². The smallest absolute Gasteiger partial charge is 0.222 e. The lowest BCUT2D eigenvalue weighted by Crippen LogP contribution is -2.54. The van der Waals surface area contributed by atoms with Crippen LogP contribution in [0, 0.1) is 11.3 Å². The van der Waals surface area contributed by atoms with E-state index in [0.29, 0.717) is 17.2 Å². The highest BCUT2D eigenvalue weighted by Gasteiger charge is 2.41. The molecule has 0 N–H and O–H groups in total. The minimum Gasteiger partial charge on any atom is -0.342 e. The number of hydrogen-bond donors (Lipinski definition) is 0. The number of piperidine rings is 2. The Labute approximate surface area is 156 Å². The number of aromatic nitrogens is 1. The number of rotatable bonds is 6. The Kier molecular flexibility index (Phi) is 6.16. The van der Waals surface area contributed by atoms with E-state index in [4.69, 9.17) is 4.98 Å². The standard InChI is InChI=1S/C20H33N3OS/c1-4-18-21-17(13-25-18)12-22-10-5-8-20(14-22)9-6-19(24)23(15-20)11-7-16(2)3/h13,16H,4-12,14-15H2,1-3H3. The van der Waals surface area contributed by atoms with Crippen molar-refractivity contribution < 1.29 is 4.79 Å². The molecule has 1 aromatic rings. The molecule has 3 heterocycles. The molecule has 0 radical (unpaired) electrons. The Morgan fingerprint density at radius 2 is 2.16 bits per heavy atom. The van der Waals surface area contributed by atoms with Crippen LogP contribution in [0.1, 0.15) is 63.6 Å². The predicted molar refractivity (Wildman–Crippen MR) is 104 cm³/mol. The van der Waals surface area contributed by atoms with Crippen LogP contribution in [0.5, 0.6) is 0 Å². The average Bonchev–Trinajstić information content (AvgIpc) is 3.04. The summed E-state index contributed by atoms with van der Waals surface area (Å²) in [6.45, 7) is 11.8. The van der Waals surface area contributed by atoms with Gasteiger partial charge in [-0.3, -0.25) is 9.69 Å². The van der Waals surface area contributed by atoms with Crippen LogP contribution < -0.4 is 0 Å². The second kappa shape index (κ2) is 8.17. The van der Waals surface area contributed by atoms with Crippen molar-refractivity contribution in [3.63, 3.8) is 0 Å². The quantitative estimate of drug-likeness (QED) is 0.768. The summed E-state index contributed by atoms with van der Waals surface area (Å²) >= 11 is 1.78. The minimum absolute atomic E-state index is 0.312. The molecule has 2 saturated heterocycles. The Balaban J connectivity index is 1.61. The first-order valence-corrected chi connectivity index (χ1v) is 10.8. The normalized spacial score (nSPS) is 25.3. The molecule has 0 saturated carbocycles. The number of nitrogens with zero attached hydrogens (tertiary/aromatic N) is 3. The zero-order chi connectivity index (χ0) is 17.9. The summed E-state index contributed by atoms with van der Waals surface area (Å²) in [7, 11) is 0. The van der Waals surface area contributed by atoms with E-state index >= 15 is 0 Å². The third-order valence-electron chi connectivity index (χ3n) is 5.75. The molecule has 3 rings (SSSR count). The molecule has 4 nitrogen and oxygen atoms in total. The molecular formula is C20H33N3OS. The molecule has 1 spiro atoms. The first-order valence-electron chi connectivity index (χ1n) is 9.93. The van der Waals surface area contributed by atoms with Gasteiger partial charge in [0.05, 0.1) is 10.7 Å². The maximum atomic E-state index is 12.3. The fourth-order valence-electron chi connectivity index (χ4n) is 4.31. The van der Waals surface area contributed by atoms with E-state index in [1.165, 1.54) is 30.1 Å². The molecular weight excluding hydrogens is 330 g/mol. The monoisotopic (exact) mass is 363 g/mol. The zero-order valence-corrected chi connectivity index (χ0v) is 16.9.